The molecule has 0 atom stereocenters. The highest BCUT2D eigenvalue weighted by Crippen LogP contribution is 2.31. The molecule has 0 unspecified atom stereocenters. The number of nitrogens with zero attached hydrogens (tertiary/aromatic N) is 2. The molecule has 3 rings (SSSR count). The van der Waals surface area contributed by atoms with Crippen molar-refractivity contribution in [2.24, 2.45) is 0 Å². The molecule has 1 aliphatic heterocycles. The molecule has 0 saturated heterocycles. The van der Waals surface area contributed by atoms with Crippen molar-refractivity contribution in [1.82, 2.24) is 9.47 Å². The lowest BCUT2D eigenvalue weighted by molar-refractivity contribution is -0.111. The summed E-state index contributed by atoms with van der Waals surface area (Å²) in [5.74, 6) is 0. The van der Waals surface area contributed by atoms with Gasteiger partial charge in [-0.05, 0) is 43.3 Å². The van der Waals surface area contributed by atoms with Gasteiger partial charge in [0.15, 0.2) is 0 Å². The van der Waals surface area contributed by atoms with Gasteiger partial charge in [0, 0.05) is 49.1 Å². The fourth-order valence-electron chi connectivity index (χ4n) is 3.15. The Morgan fingerprint density at radius 1 is 1.40 bits per heavy atom. The van der Waals surface area contributed by atoms with Crippen LogP contribution in [0.4, 0.5) is 0 Å². The van der Waals surface area contributed by atoms with Crippen molar-refractivity contribution in [2.75, 3.05) is 13.6 Å². The molecule has 0 radical (unpaired) electrons. The summed E-state index contributed by atoms with van der Waals surface area (Å²) >= 11 is 5.52. The van der Waals surface area contributed by atoms with E-state index < -0.39 is 0 Å². The normalized spacial score (nSPS) is 15.6. The highest BCUT2D eigenvalue weighted by atomic mass is 35.5. The van der Waals surface area contributed by atoms with E-state index >= 15 is 0 Å². The van der Waals surface area contributed by atoms with Crippen molar-refractivity contribution < 1.29 is 4.79 Å². The van der Waals surface area contributed by atoms with E-state index in [2.05, 4.69) is 41.6 Å². The number of hydrogen-bond acceptors (Lipinski definition) is 2. The molecule has 0 N–H and O–H groups in total. The zero-order chi connectivity index (χ0) is 14.3. The monoisotopic (exact) mass is 290 g/mol. The Labute approximate surface area is 124 Å². The molecule has 20 heavy (non-hydrogen) atoms. The van der Waals surface area contributed by atoms with Gasteiger partial charge >= 0.3 is 0 Å². The molecule has 0 fully saturated rings. The minimum Gasteiger partial charge on any atom is -0.344 e. The number of hydrogen-bond donors (Lipinski definition) is 0. The lowest BCUT2D eigenvalue weighted by atomic mass is 10.0. The first-order valence-electron chi connectivity index (χ1n) is 7.03. The minimum atomic E-state index is -0.263. The second kappa shape index (κ2) is 5.23. The number of halogens is 1. The van der Waals surface area contributed by atoms with Gasteiger partial charge in [0.1, 0.15) is 0 Å². The largest absolute Gasteiger partial charge is 0.344 e. The molecule has 106 valence electrons. The summed E-state index contributed by atoms with van der Waals surface area (Å²) in [5.41, 5.74) is 5.30. The van der Waals surface area contributed by atoms with Crippen molar-refractivity contribution in [2.45, 2.75) is 32.9 Å². The van der Waals surface area contributed by atoms with Crippen LogP contribution < -0.4 is 0 Å². The molecular weight excluding hydrogens is 272 g/mol. The van der Waals surface area contributed by atoms with Gasteiger partial charge in [0.25, 0.3) is 0 Å². The number of fused-ring (bicyclic) bond motifs is 3. The van der Waals surface area contributed by atoms with Crippen molar-refractivity contribution >= 4 is 27.7 Å². The van der Waals surface area contributed by atoms with Gasteiger partial charge in [0.2, 0.25) is 5.24 Å². The van der Waals surface area contributed by atoms with Gasteiger partial charge in [-0.3, -0.25) is 4.79 Å². The highest BCUT2D eigenvalue weighted by molar-refractivity contribution is 6.63. The topological polar surface area (TPSA) is 25.2 Å². The van der Waals surface area contributed by atoms with Crippen molar-refractivity contribution in [1.29, 1.82) is 0 Å². The van der Waals surface area contributed by atoms with Crippen LogP contribution in [-0.4, -0.2) is 28.3 Å². The van der Waals surface area contributed by atoms with Crippen molar-refractivity contribution in [3.05, 3.63) is 35.0 Å². The Morgan fingerprint density at radius 2 is 2.20 bits per heavy atom. The number of rotatable bonds is 3. The second-order valence-corrected chi connectivity index (χ2v) is 6.11. The van der Waals surface area contributed by atoms with Crippen LogP contribution in [-0.2, 0) is 24.3 Å². The second-order valence-electron chi connectivity index (χ2n) is 5.69. The molecular formula is C16H19ClN2O. The van der Waals surface area contributed by atoms with Crippen LogP contribution in [0.15, 0.2) is 18.2 Å². The van der Waals surface area contributed by atoms with E-state index in [1.165, 1.54) is 27.7 Å². The molecule has 1 aliphatic rings. The SMILES string of the molecule is Cc1ccc2c(c1)c1c(n2CCC(=O)Cl)CCN(C)C1. The first kappa shape index (κ1) is 13.7. The molecule has 0 aliphatic carbocycles. The lowest BCUT2D eigenvalue weighted by Gasteiger charge is -2.24. The summed E-state index contributed by atoms with van der Waals surface area (Å²) in [4.78, 5) is 13.4. The zero-order valence-corrected chi connectivity index (χ0v) is 12.7. The summed E-state index contributed by atoms with van der Waals surface area (Å²) in [6.07, 6.45) is 1.43. The number of carbonyl (C=O) groups is 1. The molecule has 4 heteroatoms. The molecule has 0 saturated carbocycles. The van der Waals surface area contributed by atoms with E-state index in [1.54, 1.807) is 0 Å². The highest BCUT2D eigenvalue weighted by Gasteiger charge is 2.22. The molecule has 0 amide bonds. The smallest absolute Gasteiger partial charge is 0.223 e. The third-order valence-electron chi connectivity index (χ3n) is 4.13. The predicted molar refractivity (Wildman–Crippen MR) is 82.2 cm³/mol. The Hall–Kier alpha value is -1.32. The molecule has 1 aromatic heterocycles. The van der Waals surface area contributed by atoms with Crippen LogP contribution in [0.5, 0.6) is 0 Å². The Balaban J connectivity index is 2.15. The summed E-state index contributed by atoms with van der Waals surface area (Å²) in [6.45, 7) is 4.85. The van der Waals surface area contributed by atoms with E-state index in [0.29, 0.717) is 13.0 Å². The van der Waals surface area contributed by atoms with E-state index in [1.807, 2.05) is 0 Å². The zero-order valence-electron chi connectivity index (χ0n) is 11.9. The predicted octanol–water partition coefficient (Wildman–Crippen LogP) is 3.09. The maximum atomic E-state index is 11.1. The maximum absolute atomic E-state index is 11.1. The summed E-state index contributed by atoms with van der Waals surface area (Å²) < 4.78 is 2.29. The number of benzene rings is 1. The van der Waals surface area contributed by atoms with Crippen LogP contribution in [0.25, 0.3) is 10.9 Å². The fraction of sp³-hybridized carbons (Fsp3) is 0.438. The van der Waals surface area contributed by atoms with Crippen LogP contribution in [0, 0.1) is 6.92 Å². The van der Waals surface area contributed by atoms with E-state index in [9.17, 15) is 4.79 Å². The van der Waals surface area contributed by atoms with Gasteiger partial charge < -0.3 is 9.47 Å². The molecule has 0 bridgehead atoms. The van der Waals surface area contributed by atoms with Gasteiger partial charge in [-0.1, -0.05) is 11.6 Å². The average molecular weight is 291 g/mol. The van der Waals surface area contributed by atoms with Gasteiger partial charge in [0.05, 0.1) is 0 Å². The molecule has 1 aromatic carbocycles. The molecule has 0 spiro atoms. The van der Waals surface area contributed by atoms with Crippen molar-refractivity contribution in [3.63, 3.8) is 0 Å². The quantitative estimate of drug-likeness (QED) is 0.812. The first-order chi connectivity index (χ1) is 9.56. The van der Waals surface area contributed by atoms with Crippen molar-refractivity contribution in [3.8, 4) is 0 Å². The average Bonchev–Trinajstić information content (AvgIpc) is 2.69. The van der Waals surface area contributed by atoms with Gasteiger partial charge in [-0.25, -0.2) is 0 Å². The molecule has 2 heterocycles. The summed E-state index contributed by atoms with van der Waals surface area (Å²) in [7, 11) is 2.16. The van der Waals surface area contributed by atoms with Gasteiger partial charge in [-0.15, -0.1) is 0 Å². The van der Waals surface area contributed by atoms with Crippen LogP contribution in [0.2, 0.25) is 0 Å². The Bertz CT molecular complexity index is 675. The Morgan fingerprint density at radius 3 is 2.95 bits per heavy atom. The van der Waals surface area contributed by atoms with Crippen LogP contribution >= 0.6 is 11.6 Å². The van der Waals surface area contributed by atoms with E-state index in [0.717, 1.165) is 19.5 Å². The lowest BCUT2D eigenvalue weighted by Crippen LogP contribution is -2.27. The van der Waals surface area contributed by atoms with E-state index in [4.69, 9.17) is 11.6 Å². The minimum absolute atomic E-state index is 0.263. The third-order valence-corrected chi connectivity index (χ3v) is 4.32. The van der Waals surface area contributed by atoms with Crippen LogP contribution in [0.1, 0.15) is 23.2 Å². The molecule has 2 aromatic rings. The first-order valence-corrected chi connectivity index (χ1v) is 7.41. The Kier molecular flexibility index (Phi) is 3.57. The number of likely N-dealkylation sites (N-methyl/N-ethyl adjacent to an activating group) is 1. The fourth-order valence-corrected chi connectivity index (χ4v) is 3.24. The number of carbonyl (C=O) groups excluding carboxylic acids is 1. The van der Waals surface area contributed by atoms with Crippen LogP contribution in [0.3, 0.4) is 0 Å². The van der Waals surface area contributed by atoms with Gasteiger partial charge in [-0.2, -0.15) is 0 Å². The maximum Gasteiger partial charge on any atom is 0.223 e. The standard InChI is InChI=1S/C16H19ClN2O/c1-11-3-4-14-12(9-11)13-10-18(2)7-5-15(13)19(14)8-6-16(17)20/h3-4,9H,5-8,10H2,1-2H3. The summed E-state index contributed by atoms with van der Waals surface area (Å²) in [6, 6.07) is 6.56. The number of aromatic nitrogens is 1. The third kappa shape index (κ3) is 2.36. The van der Waals surface area contributed by atoms with E-state index in [-0.39, 0.29) is 5.24 Å². The summed E-state index contributed by atoms with van der Waals surface area (Å²) in [5, 5.41) is 1.06. The molecule has 3 nitrogen and oxygen atoms in total. The number of aryl methyl sites for hydroxylation is 2.